The molecule has 1 aromatic carbocycles. The molecule has 0 unspecified atom stereocenters. The molecule has 17 heavy (non-hydrogen) atoms. The Hall–Kier alpha value is -1.94. The number of anilines is 2. The Balaban J connectivity index is 1.93. The molecule has 1 aromatic heterocycles. The number of rotatable bonds is 2. The Bertz CT molecular complexity index is 510. The fourth-order valence-electron chi connectivity index (χ4n) is 2.15. The average molecular weight is 226 g/mol. The van der Waals surface area contributed by atoms with E-state index in [2.05, 4.69) is 38.8 Å². The molecule has 0 saturated heterocycles. The van der Waals surface area contributed by atoms with Crippen LogP contribution in [0.4, 0.5) is 11.5 Å². The summed E-state index contributed by atoms with van der Waals surface area (Å²) in [4.78, 5) is 8.10. The highest BCUT2D eigenvalue weighted by Crippen LogP contribution is 2.25. The molecular formula is C13H14N4. The molecule has 2 aromatic rings. The van der Waals surface area contributed by atoms with Crippen LogP contribution < -0.4 is 10.6 Å². The van der Waals surface area contributed by atoms with Gasteiger partial charge in [-0.3, -0.25) is 0 Å². The zero-order valence-corrected chi connectivity index (χ0v) is 9.48. The minimum absolute atomic E-state index is 0.840. The maximum atomic E-state index is 4.19. The van der Waals surface area contributed by atoms with Crippen molar-refractivity contribution in [3.63, 3.8) is 0 Å². The van der Waals surface area contributed by atoms with Crippen molar-refractivity contribution in [1.29, 1.82) is 0 Å². The fourth-order valence-corrected chi connectivity index (χ4v) is 2.15. The van der Waals surface area contributed by atoms with Crippen LogP contribution in [-0.4, -0.2) is 16.5 Å². The SMILES string of the molecule is c1cc2c(c(Nc3ccncn3)c1)CCNC2. The minimum Gasteiger partial charge on any atom is -0.340 e. The Morgan fingerprint density at radius 3 is 3.12 bits per heavy atom. The second-order valence-corrected chi connectivity index (χ2v) is 4.09. The van der Waals surface area contributed by atoms with E-state index < -0.39 is 0 Å². The molecule has 1 aliphatic heterocycles. The molecule has 1 aliphatic rings. The van der Waals surface area contributed by atoms with Gasteiger partial charge in [0.2, 0.25) is 0 Å². The molecule has 86 valence electrons. The highest BCUT2D eigenvalue weighted by Gasteiger charge is 2.12. The molecule has 0 bridgehead atoms. The van der Waals surface area contributed by atoms with Gasteiger partial charge in [-0.1, -0.05) is 12.1 Å². The van der Waals surface area contributed by atoms with Crippen LogP contribution in [0.15, 0.2) is 36.8 Å². The van der Waals surface area contributed by atoms with Gasteiger partial charge in [-0.05, 0) is 36.2 Å². The van der Waals surface area contributed by atoms with Crippen molar-refractivity contribution in [3.8, 4) is 0 Å². The Morgan fingerprint density at radius 1 is 1.24 bits per heavy atom. The number of benzene rings is 1. The summed E-state index contributed by atoms with van der Waals surface area (Å²) in [5, 5.41) is 6.73. The van der Waals surface area contributed by atoms with Crippen molar-refractivity contribution in [2.75, 3.05) is 11.9 Å². The van der Waals surface area contributed by atoms with E-state index in [1.54, 1.807) is 12.5 Å². The van der Waals surface area contributed by atoms with E-state index in [1.165, 1.54) is 11.1 Å². The molecule has 4 heteroatoms. The van der Waals surface area contributed by atoms with Crippen LogP contribution >= 0.6 is 0 Å². The van der Waals surface area contributed by atoms with Crippen LogP contribution in [0.2, 0.25) is 0 Å². The van der Waals surface area contributed by atoms with Gasteiger partial charge in [0.15, 0.2) is 0 Å². The van der Waals surface area contributed by atoms with Crippen LogP contribution in [0.1, 0.15) is 11.1 Å². The van der Waals surface area contributed by atoms with Crippen LogP contribution in [-0.2, 0) is 13.0 Å². The molecule has 4 nitrogen and oxygen atoms in total. The van der Waals surface area contributed by atoms with Gasteiger partial charge in [0.05, 0.1) is 0 Å². The first kappa shape index (κ1) is 10.2. The maximum absolute atomic E-state index is 4.19. The molecule has 0 radical (unpaired) electrons. The smallest absolute Gasteiger partial charge is 0.133 e. The van der Waals surface area contributed by atoms with Crippen LogP contribution in [0, 0.1) is 0 Å². The highest BCUT2D eigenvalue weighted by atomic mass is 15.0. The third kappa shape index (κ3) is 2.12. The lowest BCUT2D eigenvalue weighted by Gasteiger charge is -2.20. The predicted molar refractivity (Wildman–Crippen MR) is 67.2 cm³/mol. The summed E-state index contributed by atoms with van der Waals surface area (Å²) in [5.41, 5.74) is 3.92. The Labute approximate surface area is 100 Å². The summed E-state index contributed by atoms with van der Waals surface area (Å²) in [6.07, 6.45) is 4.36. The monoisotopic (exact) mass is 226 g/mol. The Morgan fingerprint density at radius 2 is 2.24 bits per heavy atom. The van der Waals surface area contributed by atoms with E-state index in [0.29, 0.717) is 0 Å². The maximum Gasteiger partial charge on any atom is 0.133 e. The third-order valence-electron chi connectivity index (χ3n) is 2.98. The van der Waals surface area contributed by atoms with Crippen molar-refractivity contribution >= 4 is 11.5 Å². The molecule has 3 rings (SSSR count). The third-order valence-corrected chi connectivity index (χ3v) is 2.98. The molecule has 0 aliphatic carbocycles. The molecule has 0 saturated carbocycles. The van der Waals surface area contributed by atoms with E-state index in [1.807, 2.05) is 6.07 Å². The second kappa shape index (κ2) is 4.51. The van der Waals surface area contributed by atoms with Gasteiger partial charge in [-0.15, -0.1) is 0 Å². The van der Waals surface area contributed by atoms with Gasteiger partial charge >= 0.3 is 0 Å². The molecule has 2 heterocycles. The zero-order valence-electron chi connectivity index (χ0n) is 9.48. The van der Waals surface area contributed by atoms with Crippen molar-refractivity contribution in [1.82, 2.24) is 15.3 Å². The topological polar surface area (TPSA) is 49.8 Å². The molecule has 0 spiro atoms. The van der Waals surface area contributed by atoms with E-state index in [4.69, 9.17) is 0 Å². The first-order valence-electron chi connectivity index (χ1n) is 5.78. The summed E-state index contributed by atoms with van der Waals surface area (Å²) >= 11 is 0. The summed E-state index contributed by atoms with van der Waals surface area (Å²) in [5.74, 6) is 0.840. The number of fused-ring (bicyclic) bond motifs is 1. The number of aromatic nitrogens is 2. The van der Waals surface area contributed by atoms with Gasteiger partial charge in [0.25, 0.3) is 0 Å². The number of nitrogens with zero attached hydrogens (tertiary/aromatic N) is 2. The summed E-state index contributed by atoms with van der Waals surface area (Å²) in [6, 6.07) is 8.23. The molecule has 2 N–H and O–H groups in total. The molecule has 0 fully saturated rings. The van der Waals surface area contributed by atoms with E-state index >= 15 is 0 Å². The van der Waals surface area contributed by atoms with Gasteiger partial charge in [-0.25, -0.2) is 9.97 Å². The molecule has 0 amide bonds. The summed E-state index contributed by atoms with van der Waals surface area (Å²) in [7, 11) is 0. The van der Waals surface area contributed by atoms with Gasteiger partial charge < -0.3 is 10.6 Å². The number of nitrogens with one attached hydrogen (secondary N) is 2. The van der Waals surface area contributed by atoms with Crippen molar-refractivity contribution in [2.45, 2.75) is 13.0 Å². The Kier molecular flexibility index (Phi) is 2.71. The van der Waals surface area contributed by atoms with E-state index in [0.717, 1.165) is 31.0 Å². The van der Waals surface area contributed by atoms with Crippen molar-refractivity contribution < 1.29 is 0 Å². The average Bonchev–Trinajstić information content (AvgIpc) is 2.40. The minimum atomic E-state index is 0.840. The fraction of sp³-hybridized carbons (Fsp3) is 0.231. The lowest BCUT2D eigenvalue weighted by molar-refractivity contribution is 0.645. The number of hydrogen-bond acceptors (Lipinski definition) is 4. The molecular weight excluding hydrogens is 212 g/mol. The lowest BCUT2D eigenvalue weighted by atomic mass is 9.99. The van der Waals surface area contributed by atoms with Crippen LogP contribution in [0.5, 0.6) is 0 Å². The van der Waals surface area contributed by atoms with Gasteiger partial charge in [0, 0.05) is 18.4 Å². The predicted octanol–water partition coefficient (Wildman–Crippen LogP) is 1.87. The van der Waals surface area contributed by atoms with E-state index in [-0.39, 0.29) is 0 Å². The largest absolute Gasteiger partial charge is 0.340 e. The van der Waals surface area contributed by atoms with Gasteiger partial charge in [-0.2, -0.15) is 0 Å². The van der Waals surface area contributed by atoms with Crippen molar-refractivity contribution in [2.24, 2.45) is 0 Å². The highest BCUT2D eigenvalue weighted by molar-refractivity contribution is 5.62. The first-order chi connectivity index (χ1) is 8.43. The first-order valence-corrected chi connectivity index (χ1v) is 5.78. The second-order valence-electron chi connectivity index (χ2n) is 4.09. The molecule has 0 atom stereocenters. The normalized spacial score (nSPS) is 14.1. The van der Waals surface area contributed by atoms with E-state index in [9.17, 15) is 0 Å². The standard InChI is InChI=1S/C13H14N4/c1-2-10-8-14-6-4-11(10)12(3-1)17-13-5-7-15-9-16-13/h1-3,5,7,9,14H,4,6,8H2,(H,15,16,17). The van der Waals surface area contributed by atoms with Crippen LogP contribution in [0.25, 0.3) is 0 Å². The summed E-state index contributed by atoms with van der Waals surface area (Å²) < 4.78 is 0. The van der Waals surface area contributed by atoms with Crippen molar-refractivity contribution in [3.05, 3.63) is 47.9 Å². The van der Waals surface area contributed by atoms with Crippen LogP contribution in [0.3, 0.4) is 0 Å². The lowest BCUT2D eigenvalue weighted by Crippen LogP contribution is -2.24. The zero-order chi connectivity index (χ0) is 11.5. The summed E-state index contributed by atoms with van der Waals surface area (Å²) in [6.45, 7) is 1.99. The number of hydrogen-bond donors (Lipinski definition) is 2. The van der Waals surface area contributed by atoms with Gasteiger partial charge in [0.1, 0.15) is 12.1 Å². The quantitative estimate of drug-likeness (QED) is 0.820.